The first-order valence-electron chi connectivity index (χ1n) is 5.05. The predicted molar refractivity (Wildman–Crippen MR) is 62.1 cm³/mol. The molecule has 0 bridgehead atoms. The molecule has 4 nitrogen and oxygen atoms in total. The summed E-state index contributed by atoms with van der Waals surface area (Å²) >= 11 is 0. The number of nitrogens with zero attached hydrogens (tertiary/aromatic N) is 1. The fraction of sp³-hybridized carbons (Fsp3) is 0.333. The molecular formula is C12H14N2O2. The van der Waals surface area contributed by atoms with Gasteiger partial charge in [-0.25, -0.2) is 9.78 Å². The van der Waals surface area contributed by atoms with E-state index in [1.54, 1.807) is 32.2 Å². The SMILES string of the molecule is CC#CCNc1ncccc1C(=O)OCC. The minimum Gasteiger partial charge on any atom is -0.462 e. The van der Waals surface area contributed by atoms with Gasteiger partial charge in [0, 0.05) is 6.20 Å². The van der Waals surface area contributed by atoms with Crippen molar-refractivity contribution in [3.05, 3.63) is 23.9 Å². The van der Waals surface area contributed by atoms with Crippen LogP contribution in [0.25, 0.3) is 0 Å². The number of nitrogens with one attached hydrogen (secondary N) is 1. The summed E-state index contributed by atoms with van der Waals surface area (Å²) in [4.78, 5) is 15.6. The zero-order valence-electron chi connectivity index (χ0n) is 9.41. The normalized spacial score (nSPS) is 8.88. The maximum atomic E-state index is 11.6. The van der Waals surface area contributed by atoms with Gasteiger partial charge in [0.25, 0.3) is 0 Å². The molecule has 4 heteroatoms. The highest BCUT2D eigenvalue weighted by molar-refractivity contribution is 5.94. The van der Waals surface area contributed by atoms with Gasteiger partial charge in [0.15, 0.2) is 0 Å². The smallest absolute Gasteiger partial charge is 0.341 e. The third kappa shape index (κ3) is 3.28. The average Bonchev–Trinajstić information content (AvgIpc) is 2.30. The van der Waals surface area contributed by atoms with E-state index in [-0.39, 0.29) is 5.97 Å². The van der Waals surface area contributed by atoms with Gasteiger partial charge < -0.3 is 10.1 Å². The highest BCUT2D eigenvalue weighted by Crippen LogP contribution is 2.12. The Morgan fingerprint density at radius 2 is 2.44 bits per heavy atom. The van der Waals surface area contributed by atoms with E-state index in [2.05, 4.69) is 22.1 Å². The second-order valence-corrected chi connectivity index (χ2v) is 2.90. The molecule has 1 aromatic heterocycles. The number of ether oxygens (including phenoxy) is 1. The minimum atomic E-state index is -0.373. The van der Waals surface area contributed by atoms with Crippen molar-refractivity contribution in [3.8, 4) is 11.8 Å². The van der Waals surface area contributed by atoms with E-state index in [1.165, 1.54) is 0 Å². The summed E-state index contributed by atoms with van der Waals surface area (Å²) in [5.74, 6) is 5.73. The molecule has 0 fully saturated rings. The number of anilines is 1. The predicted octanol–water partition coefficient (Wildman–Crippen LogP) is 1.69. The maximum Gasteiger partial charge on any atom is 0.341 e. The molecule has 1 aromatic rings. The summed E-state index contributed by atoms with van der Waals surface area (Å²) < 4.78 is 4.92. The molecule has 0 radical (unpaired) electrons. The van der Waals surface area contributed by atoms with E-state index in [0.29, 0.717) is 24.5 Å². The van der Waals surface area contributed by atoms with Gasteiger partial charge in [-0.1, -0.05) is 5.92 Å². The van der Waals surface area contributed by atoms with Crippen LogP contribution in [0, 0.1) is 11.8 Å². The summed E-state index contributed by atoms with van der Waals surface area (Å²) in [5.41, 5.74) is 0.433. The fourth-order valence-electron chi connectivity index (χ4n) is 1.14. The Bertz CT molecular complexity index is 419. The lowest BCUT2D eigenvalue weighted by molar-refractivity contribution is 0.0527. The summed E-state index contributed by atoms with van der Waals surface area (Å²) in [5, 5.41) is 2.97. The second-order valence-electron chi connectivity index (χ2n) is 2.90. The van der Waals surface area contributed by atoms with E-state index in [0.717, 1.165) is 0 Å². The molecule has 0 atom stereocenters. The molecule has 0 saturated carbocycles. The standard InChI is InChI=1S/C12H14N2O2/c1-3-5-8-13-11-10(7-6-9-14-11)12(15)16-4-2/h6-7,9H,4,8H2,1-2H3,(H,13,14). The number of pyridine rings is 1. The lowest BCUT2D eigenvalue weighted by atomic mass is 10.2. The number of rotatable bonds is 4. The lowest BCUT2D eigenvalue weighted by Crippen LogP contribution is -2.11. The van der Waals surface area contributed by atoms with Gasteiger partial charge in [0.05, 0.1) is 13.2 Å². The van der Waals surface area contributed by atoms with Crippen LogP contribution in [0.5, 0.6) is 0 Å². The van der Waals surface area contributed by atoms with Crippen LogP contribution < -0.4 is 5.32 Å². The van der Waals surface area contributed by atoms with Gasteiger partial charge in [-0.2, -0.15) is 0 Å². The molecule has 1 rings (SSSR count). The van der Waals surface area contributed by atoms with E-state index in [4.69, 9.17) is 4.74 Å². The summed E-state index contributed by atoms with van der Waals surface area (Å²) in [6, 6.07) is 3.37. The van der Waals surface area contributed by atoms with Crippen molar-refractivity contribution < 1.29 is 9.53 Å². The monoisotopic (exact) mass is 218 g/mol. The number of esters is 1. The van der Waals surface area contributed by atoms with Crippen molar-refractivity contribution in [3.63, 3.8) is 0 Å². The van der Waals surface area contributed by atoms with Crippen LogP contribution in [-0.2, 0) is 4.74 Å². The molecule has 1 N–H and O–H groups in total. The number of hydrogen-bond acceptors (Lipinski definition) is 4. The van der Waals surface area contributed by atoms with Crippen molar-refractivity contribution >= 4 is 11.8 Å². The Balaban J connectivity index is 2.81. The molecule has 0 aliphatic heterocycles. The van der Waals surface area contributed by atoms with Gasteiger partial charge >= 0.3 is 5.97 Å². The molecule has 0 aliphatic rings. The molecular weight excluding hydrogens is 204 g/mol. The van der Waals surface area contributed by atoms with Crippen LogP contribution in [0.1, 0.15) is 24.2 Å². The molecule has 84 valence electrons. The number of carbonyl (C=O) groups is 1. The average molecular weight is 218 g/mol. The highest BCUT2D eigenvalue weighted by Gasteiger charge is 2.11. The zero-order valence-corrected chi connectivity index (χ0v) is 9.41. The van der Waals surface area contributed by atoms with Gasteiger partial charge in [-0.05, 0) is 26.0 Å². The Kier molecular flexibility index (Phi) is 4.87. The second kappa shape index (κ2) is 6.46. The summed E-state index contributed by atoms with van der Waals surface area (Å²) in [6.45, 7) is 4.33. The molecule has 0 amide bonds. The molecule has 0 spiro atoms. The number of aromatic nitrogens is 1. The third-order valence-electron chi connectivity index (χ3n) is 1.82. The Hall–Kier alpha value is -2.02. The molecule has 0 aromatic carbocycles. The van der Waals surface area contributed by atoms with Crippen LogP contribution >= 0.6 is 0 Å². The van der Waals surface area contributed by atoms with E-state index < -0.39 is 0 Å². The third-order valence-corrected chi connectivity index (χ3v) is 1.82. The highest BCUT2D eigenvalue weighted by atomic mass is 16.5. The zero-order chi connectivity index (χ0) is 11.8. The van der Waals surface area contributed by atoms with E-state index >= 15 is 0 Å². The minimum absolute atomic E-state index is 0.349. The summed E-state index contributed by atoms with van der Waals surface area (Å²) in [6.07, 6.45) is 1.62. The van der Waals surface area contributed by atoms with Gasteiger partial charge in [0.2, 0.25) is 0 Å². The van der Waals surface area contributed by atoms with E-state index in [1.807, 2.05) is 0 Å². The van der Waals surface area contributed by atoms with Crippen LogP contribution in [-0.4, -0.2) is 24.1 Å². The lowest BCUT2D eigenvalue weighted by Gasteiger charge is -2.07. The van der Waals surface area contributed by atoms with Crippen molar-refractivity contribution in [2.45, 2.75) is 13.8 Å². The van der Waals surface area contributed by atoms with Crippen LogP contribution in [0.3, 0.4) is 0 Å². The first-order valence-corrected chi connectivity index (χ1v) is 5.05. The van der Waals surface area contributed by atoms with Crippen molar-refractivity contribution in [1.82, 2.24) is 4.98 Å². The first-order chi connectivity index (χ1) is 7.79. The van der Waals surface area contributed by atoms with Crippen LogP contribution in [0.15, 0.2) is 18.3 Å². The molecule has 0 saturated heterocycles. The first kappa shape index (κ1) is 12.1. The Morgan fingerprint density at radius 3 is 3.12 bits per heavy atom. The topological polar surface area (TPSA) is 51.2 Å². The van der Waals surface area contributed by atoms with Crippen molar-refractivity contribution in [2.75, 3.05) is 18.5 Å². The number of carbonyl (C=O) groups excluding carboxylic acids is 1. The molecule has 16 heavy (non-hydrogen) atoms. The largest absolute Gasteiger partial charge is 0.462 e. The van der Waals surface area contributed by atoms with Crippen LogP contribution in [0.2, 0.25) is 0 Å². The number of hydrogen-bond donors (Lipinski definition) is 1. The molecule has 0 unspecified atom stereocenters. The van der Waals surface area contributed by atoms with Gasteiger partial charge in [0.1, 0.15) is 11.4 Å². The quantitative estimate of drug-likeness (QED) is 0.617. The van der Waals surface area contributed by atoms with Crippen molar-refractivity contribution in [1.29, 1.82) is 0 Å². The van der Waals surface area contributed by atoms with Crippen LogP contribution in [0.4, 0.5) is 5.82 Å². The summed E-state index contributed by atoms with van der Waals surface area (Å²) in [7, 11) is 0. The molecule has 0 aliphatic carbocycles. The van der Waals surface area contributed by atoms with Gasteiger partial charge in [-0.3, -0.25) is 0 Å². The maximum absolute atomic E-state index is 11.6. The van der Waals surface area contributed by atoms with Crippen molar-refractivity contribution in [2.24, 2.45) is 0 Å². The van der Waals surface area contributed by atoms with Gasteiger partial charge in [-0.15, -0.1) is 5.92 Å². The fourth-order valence-corrected chi connectivity index (χ4v) is 1.14. The Labute approximate surface area is 95.0 Å². The van der Waals surface area contributed by atoms with E-state index in [9.17, 15) is 4.79 Å². The Morgan fingerprint density at radius 1 is 1.62 bits per heavy atom. The molecule has 1 heterocycles.